The average Bonchev–Trinajstić information content (AvgIpc) is 3.04. The van der Waals surface area contributed by atoms with E-state index >= 15 is 0 Å². The average molecular weight is 638 g/mol. The molecule has 11 heteroatoms. The smallest absolute Gasteiger partial charge is 0.187 e. The number of carbonyl (C=O) groups is 2. The number of nitrogens with two attached hydrogens (primary N) is 2. The minimum Gasteiger partial charge on any atom is -0.394 e. The van der Waals surface area contributed by atoms with Crippen molar-refractivity contribution >= 4 is 11.6 Å². The minimum absolute atomic E-state index is 0.00879. The van der Waals surface area contributed by atoms with Crippen molar-refractivity contribution in [3.8, 4) is 0 Å². The van der Waals surface area contributed by atoms with Crippen molar-refractivity contribution in [2.75, 3.05) is 19.8 Å². The number of hydrogen-bond donors (Lipinski definition) is 6. The van der Waals surface area contributed by atoms with E-state index in [-0.39, 0.29) is 35.5 Å². The highest BCUT2D eigenvalue weighted by Crippen LogP contribution is 2.50. The van der Waals surface area contributed by atoms with Crippen molar-refractivity contribution in [1.82, 2.24) is 0 Å². The van der Waals surface area contributed by atoms with Crippen LogP contribution in [0, 0.1) is 41.4 Å². The van der Waals surface area contributed by atoms with Gasteiger partial charge in [-0.2, -0.15) is 0 Å². The first-order valence-corrected chi connectivity index (χ1v) is 18.0. The van der Waals surface area contributed by atoms with E-state index in [1.165, 1.54) is 6.42 Å². The second-order valence-corrected chi connectivity index (χ2v) is 15.2. The van der Waals surface area contributed by atoms with Gasteiger partial charge in [0.2, 0.25) is 0 Å². The molecule has 2 heterocycles. The Hall–Kier alpha value is -1.02. The number of quaternary nitrogens is 1. The molecular weight excluding hydrogens is 580 g/mol. The normalized spacial score (nSPS) is 46.4. The Bertz CT molecular complexity index is 1010. The van der Waals surface area contributed by atoms with Gasteiger partial charge in [-0.15, -0.1) is 0 Å². The molecule has 256 valence electrons. The van der Waals surface area contributed by atoms with E-state index in [2.05, 4.69) is 5.32 Å². The van der Waals surface area contributed by atoms with Gasteiger partial charge in [0.15, 0.2) is 6.29 Å². The van der Waals surface area contributed by atoms with Gasteiger partial charge in [-0.1, -0.05) is 44.9 Å². The molecule has 8 N–H and O–H groups in total. The fourth-order valence-corrected chi connectivity index (χ4v) is 9.87. The van der Waals surface area contributed by atoms with Gasteiger partial charge in [-0.3, -0.25) is 15.3 Å². The number of fused-ring (bicyclic) bond motifs is 2. The topological polar surface area (TPSA) is 185 Å². The van der Waals surface area contributed by atoms with Crippen molar-refractivity contribution in [1.29, 1.82) is 0 Å². The lowest BCUT2D eigenvalue weighted by molar-refractivity contribution is -0.699. The fraction of sp³-hybridized carbons (Fsp3) is 0.941. The number of hydrogen-bond acceptors (Lipinski definition) is 10. The lowest BCUT2D eigenvalue weighted by Crippen LogP contribution is -2.94. The van der Waals surface area contributed by atoms with E-state index in [0.29, 0.717) is 31.3 Å². The van der Waals surface area contributed by atoms with Crippen LogP contribution in [0.4, 0.5) is 0 Å². The van der Waals surface area contributed by atoms with E-state index in [4.69, 9.17) is 19.9 Å². The van der Waals surface area contributed by atoms with Crippen LogP contribution in [0.15, 0.2) is 0 Å². The molecule has 4 saturated carbocycles. The number of piperidine rings is 1. The summed E-state index contributed by atoms with van der Waals surface area (Å²) in [6, 6.07) is 0. The summed E-state index contributed by atoms with van der Waals surface area (Å²) in [7, 11) is 0. The van der Waals surface area contributed by atoms with Gasteiger partial charge in [0.05, 0.1) is 31.3 Å². The van der Waals surface area contributed by atoms with Crippen molar-refractivity contribution < 1.29 is 49.5 Å². The molecule has 11 nitrogen and oxygen atoms in total. The largest absolute Gasteiger partial charge is 0.394 e. The Morgan fingerprint density at radius 2 is 1.51 bits per heavy atom. The standard InChI is InChI=1S/C34H56N2O9/c35-25-15-19(10-12-36-25)11-13-43-33-31(42)29(40)24(17-37)44-34(33)45-32-20(14-18-6-2-1-3-7-18)16-23-26(30(32)41)28(39)22-9-5-4-8-21(22)27(23)38/h18-26,29-34,36-37,40-42H,1-17,35H2/p+1. The summed E-state index contributed by atoms with van der Waals surface area (Å²) in [6.45, 7) is 0.732. The molecule has 0 bridgehead atoms. The number of aliphatic hydroxyl groups is 4. The maximum atomic E-state index is 13.9. The number of ketones is 2. The zero-order chi connectivity index (χ0) is 31.7. The van der Waals surface area contributed by atoms with Crippen LogP contribution in [-0.2, 0) is 23.8 Å². The van der Waals surface area contributed by atoms with Crippen LogP contribution in [0.2, 0.25) is 0 Å². The lowest BCUT2D eigenvalue weighted by atomic mass is 9.55. The van der Waals surface area contributed by atoms with Crippen LogP contribution < -0.4 is 11.1 Å². The molecule has 0 aromatic rings. The molecule has 0 radical (unpaired) electrons. The molecule has 14 atom stereocenters. The molecule has 6 aliphatic rings. The van der Waals surface area contributed by atoms with Crippen molar-refractivity contribution in [3.05, 3.63) is 0 Å². The predicted octanol–water partition coefficient (Wildman–Crippen LogP) is 0.386. The first-order chi connectivity index (χ1) is 21.8. The zero-order valence-electron chi connectivity index (χ0n) is 26.7. The monoisotopic (exact) mass is 637 g/mol. The van der Waals surface area contributed by atoms with E-state index in [1.807, 2.05) is 0 Å². The molecule has 6 rings (SSSR count). The molecule has 2 aliphatic heterocycles. The summed E-state index contributed by atoms with van der Waals surface area (Å²) < 4.78 is 18.9. The molecule has 0 aromatic heterocycles. The summed E-state index contributed by atoms with van der Waals surface area (Å²) in [5.41, 5.74) is 6.13. The number of rotatable bonds is 9. The second-order valence-electron chi connectivity index (χ2n) is 15.2. The quantitative estimate of drug-likeness (QED) is 0.193. The zero-order valence-corrected chi connectivity index (χ0v) is 26.7. The summed E-state index contributed by atoms with van der Waals surface area (Å²) in [6.07, 6.45) is 4.91. The van der Waals surface area contributed by atoms with Crippen molar-refractivity contribution in [2.45, 2.75) is 139 Å². The Labute approximate surface area is 266 Å². The van der Waals surface area contributed by atoms with Crippen LogP contribution in [0.25, 0.3) is 0 Å². The maximum Gasteiger partial charge on any atom is 0.187 e. The highest BCUT2D eigenvalue weighted by atomic mass is 16.7. The van der Waals surface area contributed by atoms with E-state index in [0.717, 1.165) is 77.2 Å². The second kappa shape index (κ2) is 15.0. The summed E-state index contributed by atoms with van der Waals surface area (Å²) in [5.74, 6) is -1.09. The van der Waals surface area contributed by atoms with Gasteiger partial charge in [0.25, 0.3) is 0 Å². The molecule has 45 heavy (non-hydrogen) atoms. The number of carbonyl (C=O) groups excluding carboxylic acids is 2. The number of ether oxygens (including phenoxy) is 3. The van der Waals surface area contributed by atoms with Crippen LogP contribution in [0.3, 0.4) is 0 Å². The maximum absolute atomic E-state index is 13.9. The predicted molar refractivity (Wildman–Crippen MR) is 162 cm³/mol. The molecule has 0 aromatic carbocycles. The highest BCUT2D eigenvalue weighted by Gasteiger charge is 2.59. The van der Waals surface area contributed by atoms with E-state index in [9.17, 15) is 30.0 Å². The summed E-state index contributed by atoms with van der Waals surface area (Å²) in [5, 5.41) is 46.0. The number of Topliss-reactive ketones (excluding diaryl/α,β-unsaturated/α-hetero) is 2. The summed E-state index contributed by atoms with van der Waals surface area (Å²) >= 11 is 0. The molecule has 14 unspecified atom stereocenters. The Kier molecular flexibility index (Phi) is 11.3. The van der Waals surface area contributed by atoms with Crippen molar-refractivity contribution in [3.63, 3.8) is 0 Å². The third-order valence-corrected chi connectivity index (χ3v) is 12.3. The Balaban J connectivity index is 1.23. The van der Waals surface area contributed by atoms with Crippen LogP contribution in [0.1, 0.15) is 89.9 Å². The SMILES string of the molecule is NC1CC(CCOC2C(OC3C(CC4CCCCC4)CC4C(=O)C5CCCCC5C(=O)C4C3O)OC(CO)C(O)C2O)CC[NH2+]1. The molecule has 0 spiro atoms. The first kappa shape index (κ1) is 33.9. The van der Waals surface area contributed by atoms with E-state index in [1.54, 1.807) is 0 Å². The fourth-order valence-electron chi connectivity index (χ4n) is 9.87. The molecule has 6 fully saturated rings. The van der Waals surface area contributed by atoms with Gasteiger partial charge in [-0.05, 0) is 56.3 Å². The molecule has 2 saturated heterocycles. The molecule has 4 aliphatic carbocycles. The number of aliphatic hydroxyl groups excluding tert-OH is 4. The van der Waals surface area contributed by atoms with Crippen LogP contribution in [-0.4, -0.2) is 101 Å². The van der Waals surface area contributed by atoms with Gasteiger partial charge in [0, 0.05) is 30.8 Å². The van der Waals surface area contributed by atoms with E-state index < -0.39 is 61.4 Å². The van der Waals surface area contributed by atoms with Crippen molar-refractivity contribution in [2.24, 2.45) is 47.2 Å². The highest BCUT2D eigenvalue weighted by molar-refractivity contribution is 6.00. The molecular formula is C34H57N2O9+. The minimum atomic E-state index is -1.38. The first-order valence-electron chi connectivity index (χ1n) is 18.0. The van der Waals surface area contributed by atoms with Gasteiger partial charge in [-0.25, -0.2) is 0 Å². The molecule has 0 amide bonds. The third-order valence-electron chi connectivity index (χ3n) is 12.3. The van der Waals surface area contributed by atoms with Crippen LogP contribution in [0.5, 0.6) is 0 Å². The van der Waals surface area contributed by atoms with Gasteiger partial charge < -0.3 is 40.0 Å². The Morgan fingerprint density at radius 3 is 2.22 bits per heavy atom. The van der Waals surface area contributed by atoms with Crippen LogP contribution >= 0.6 is 0 Å². The lowest BCUT2D eigenvalue weighted by Gasteiger charge is -2.52. The summed E-state index contributed by atoms with van der Waals surface area (Å²) in [4.78, 5) is 27.8. The third kappa shape index (κ3) is 7.22. The van der Waals surface area contributed by atoms with Gasteiger partial charge >= 0.3 is 0 Å². The Morgan fingerprint density at radius 1 is 0.800 bits per heavy atom. The van der Waals surface area contributed by atoms with Gasteiger partial charge in [0.1, 0.15) is 42.1 Å².